The van der Waals surface area contributed by atoms with Crippen LogP contribution in [0.5, 0.6) is 5.75 Å². The summed E-state index contributed by atoms with van der Waals surface area (Å²) in [6.45, 7) is 2.02. The molecule has 1 aromatic heterocycles. The van der Waals surface area contributed by atoms with E-state index in [2.05, 4.69) is 0 Å². The summed E-state index contributed by atoms with van der Waals surface area (Å²) in [6.07, 6.45) is 1.68. The maximum atomic E-state index is 5.31. The molecule has 0 aliphatic carbocycles. The molecule has 1 heterocycles. The fourth-order valence-electron chi connectivity index (χ4n) is 1.35. The van der Waals surface area contributed by atoms with Crippen LogP contribution in [0.15, 0.2) is 28.9 Å². The summed E-state index contributed by atoms with van der Waals surface area (Å²) in [6, 6.07) is 5.86. The molecule has 0 saturated heterocycles. The van der Waals surface area contributed by atoms with Gasteiger partial charge in [-0.25, -0.2) is 0 Å². The lowest BCUT2D eigenvalue weighted by Gasteiger charge is -2.01. The molecule has 2 rings (SSSR count). The zero-order valence-electron chi connectivity index (χ0n) is 7.13. The summed E-state index contributed by atoms with van der Waals surface area (Å²) in [5.74, 6) is 0.865. The molecule has 0 radical (unpaired) electrons. The van der Waals surface area contributed by atoms with Crippen LogP contribution >= 0.6 is 0 Å². The topological polar surface area (TPSA) is 22.4 Å². The van der Waals surface area contributed by atoms with E-state index in [0.29, 0.717) is 0 Å². The molecule has 12 heavy (non-hydrogen) atoms. The molecule has 0 N–H and O–H groups in total. The first kappa shape index (κ1) is 7.22. The van der Waals surface area contributed by atoms with Crippen molar-refractivity contribution in [1.29, 1.82) is 0 Å². The van der Waals surface area contributed by atoms with Crippen LogP contribution in [0.25, 0.3) is 11.0 Å². The van der Waals surface area contributed by atoms with Crippen molar-refractivity contribution in [3.05, 3.63) is 30.0 Å². The number of benzene rings is 1. The van der Waals surface area contributed by atoms with Crippen molar-refractivity contribution < 1.29 is 9.15 Å². The lowest BCUT2D eigenvalue weighted by molar-refractivity contribution is 0.419. The van der Waals surface area contributed by atoms with Gasteiger partial charge in [-0.2, -0.15) is 0 Å². The number of hydrogen-bond acceptors (Lipinski definition) is 2. The highest BCUT2D eigenvalue weighted by molar-refractivity contribution is 5.86. The summed E-state index contributed by atoms with van der Waals surface area (Å²) >= 11 is 0. The Bertz CT molecular complexity index is 401. The first-order valence-corrected chi connectivity index (χ1v) is 3.83. The van der Waals surface area contributed by atoms with E-state index in [0.717, 1.165) is 22.3 Å². The Kier molecular flexibility index (Phi) is 1.54. The standard InChI is InChI=1S/C10H10O2/c1-7-3-4-9(11-2)8-5-6-12-10(7)8/h3-6H,1-2H3. The molecule has 0 saturated carbocycles. The lowest BCUT2D eigenvalue weighted by atomic mass is 10.1. The van der Waals surface area contributed by atoms with Gasteiger partial charge in [0.25, 0.3) is 0 Å². The van der Waals surface area contributed by atoms with Crippen LogP contribution in [0.2, 0.25) is 0 Å². The highest BCUT2D eigenvalue weighted by atomic mass is 16.5. The molecule has 0 spiro atoms. The zero-order valence-corrected chi connectivity index (χ0v) is 7.13. The van der Waals surface area contributed by atoms with Gasteiger partial charge in [0, 0.05) is 0 Å². The number of furan rings is 1. The summed E-state index contributed by atoms with van der Waals surface area (Å²) in [7, 11) is 1.66. The highest BCUT2D eigenvalue weighted by Gasteiger charge is 2.05. The van der Waals surface area contributed by atoms with Crippen molar-refractivity contribution >= 4 is 11.0 Å². The zero-order chi connectivity index (χ0) is 8.55. The van der Waals surface area contributed by atoms with E-state index in [1.807, 2.05) is 25.1 Å². The molecular weight excluding hydrogens is 152 g/mol. The first-order valence-electron chi connectivity index (χ1n) is 3.83. The van der Waals surface area contributed by atoms with Crippen molar-refractivity contribution in [2.75, 3.05) is 7.11 Å². The monoisotopic (exact) mass is 162 g/mol. The van der Waals surface area contributed by atoms with Crippen molar-refractivity contribution in [2.24, 2.45) is 0 Å². The summed E-state index contributed by atoms with van der Waals surface area (Å²) in [5, 5.41) is 1.04. The summed E-state index contributed by atoms with van der Waals surface area (Å²) in [5.41, 5.74) is 2.05. The lowest BCUT2D eigenvalue weighted by Crippen LogP contribution is -1.83. The van der Waals surface area contributed by atoms with Gasteiger partial charge in [0.05, 0.1) is 18.8 Å². The van der Waals surface area contributed by atoms with Crippen molar-refractivity contribution in [3.63, 3.8) is 0 Å². The number of fused-ring (bicyclic) bond motifs is 1. The molecule has 2 nitrogen and oxygen atoms in total. The highest BCUT2D eigenvalue weighted by Crippen LogP contribution is 2.28. The average molecular weight is 162 g/mol. The number of rotatable bonds is 1. The molecule has 0 fully saturated rings. The minimum Gasteiger partial charge on any atom is -0.496 e. The van der Waals surface area contributed by atoms with Gasteiger partial charge in [0.2, 0.25) is 0 Å². The summed E-state index contributed by atoms with van der Waals surface area (Å²) in [4.78, 5) is 0. The van der Waals surface area contributed by atoms with Crippen LogP contribution in [0, 0.1) is 6.92 Å². The predicted molar refractivity (Wildman–Crippen MR) is 47.5 cm³/mol. The second-order valence-electron chi connectivity index (χ2n) is 2.75. The molecule has 0 amide bonds. The Morgan fingerprint density at radius 1 is 1.25 bits per heavy atom. The number of ether oxygens (including phenoxy) is 1. The molecule has 0 aliphatic rings. The first-order chi connectivity index (χ1) is 5.83. The van der Waals surface area contributed by atoms with Crippen LogP contribution in [0.3, 0.4) is 0 Å². The van der Waals surface area contributed by atoms with Gasteiger partial charge in [0.15, 0.2) is 0 Å². The van der Waals surface area contributed by atoms with Gasteiger partial charge in [-0.3, -0.25) is 0 Å². The SMILES string of the molecule is COc1ccc(C)c2occc12. The van der Waals surface area contributed by atoms with Crippen molar-refractivity contribution in [1.82, 2.24) is 0 Å². The molecule has 1 aromatic carbocycles. The predicted octanol–water partition coefficient (Wildman–Crippen LogP) is 2.75. The Morgan fingerprint density at radius 3 is 2.83 bits per heavy atom. The minimum absolute atomic E-state index is 0.865. The van der Waals surface area contributed by atoms with Crippen molar-refractivity contribution in [3.8, 4) is 5.75 Å². The van der Waals surface area contributed by atoms with Gasteiger partial charge < -0.3 is 9.15 Å². The fraction of sp³-hybridized carbons (Fsp3) is 0.200. The third-order valence-electron chi connectivity index (χ3n) is 1.99. The third kappa shape index (κ3) is 0.881. The Hall–Kier alpha value is -1.44. The molecule has 2 heteroatoms. The van der Waals surface area contributed by atoms with Crippen LogP contribution in [-0.2, 0) is 0 Å². The Balaban J connectivity index is 2.82. The van der Waals surface area contributed by atoms with E-state index in [1.54, 1.807) is 13.4 Å². The quantitative estimate of drug-likeness (QED) is 0.643. The normalized spacial score (nSPS) is 10.5. The number of aryl methyl sites for hydroxylation is 1. The van der Waals surface area contributed by atoms with Crippen molar-refractivity contribution in [2.45, 2.75) is 6.92 Å². The number of methoxy groups -OCH3 is 1. The molecule has 0 atom stereocenters. The van der Waals surface area contributed by atoms with Gasteiger partial charge in [-0.1, -0.05) is 6.07 Å². The van der Waals surface area contributed by atoms with E-state index >= 15 is 0 Å². The third-order valence-corrected chi connectivity index (χ3v) is 1.99. The van der Waals surface area contributed by atoms with E-state index < -0.39 is 0 Å². The second kappa shape index (κ2) is 2.55. The van der Waals surface area contributed by atoms with Gasteiger partial charge >= 0.3 is 0 Å². The molecular formula is C10H10O2. The molecule has 0 unspecified atom stereocenters. The largest absolute Gasteiger partial charge is 0.496 e. The van der Waals surface area contributed by atoms with Gasteiger partial charge in [-0.15, -0.1) is 0 Å². The fourth-order valence-corrected chi connectivity index (χ4v) is 1.35. The van der Waals surface area contributed by atoms with E-state index in [-0.39, 0.29) is 0 Å². The van der Waals surface area contributed by atoms with E-state index in [4.69, 9.17) is 9.15 Å². The average Bonchev–Trinajstić information content (AvgIpc) is 2.54. The van der Waals surface area contributed by atoms with E-state index in [1.165, 1.54) is 0 Å². The van der Waals surface area contributed by atoms with E-state index in [9.17, 15) is 0 Å². The van der Waals surface area contributed by atoms with Crippen LogP contribution in [-0.4, -0.2) is 7.11 Å². The molecule has 62 valence electrons. The van der Waals surface area contributed by atoms with Crippen LogP contribution < -0.4 is 4.74 Å². The Labute approximate surface area is 70.8 Å². The maximum absolute atomic E-state index is 5.31. The molecule has 0 bridgehead atoms. The second-order valence-corrected chi connectivity index (χ2v) is 2.75. The van der Waals surface area contributed by atoms with Crippen LogP contribution in [0.1, 0.15) is 5.56 Å². The molecule has 2 aromatic rings. The smallest absolute Gasteiger partial charge is 0.140 e. The molecule has 0 aliphatic heterocycles. The maximum Gasteiger partial charge on any atom is 0.140 e. The van der Waals surface area contributed by atoms with Crippen LogP contribution in [0.4, 0.5) is 0 Å². The summed E-state index contributed by atoms with van der Waals surface area (Å²) < 4.78 is 10.5. The van der Waals surface area contributed by atoms with Gasteiger partial charge in [-0.05, 0) is 24.6 Å². The number of hydrogen-bond donors (Lipinski definition) is 0. The Morgan fingerprint density at radius 2 is 2.08 bits per heavy atom. The minimum atomic E-state index is 0.865. The van der Waals surface area contributed by atoms with Gasteiger partial charge in [0.1, 0.15) is 11.3 Å².